The minimum Gasteiger partial charge on any atom is -0.477 e. The first-order valence-corrected chi connectivity index (χ1v) is 5.75. The number of aryl methyl sites for hydroxylation is 1. The highest BCUT2D eigenvalue weighted by Gasteiger charge is 2.17. The largest absolute Gasteiger partial charge is 0.477 e. The van der Waals surface area contributed by atoms with Crippen molar-refractivity contribution in [3.8, 4) is 0 Å². The maximum absolute atomic E-state index is 12.0. The van der Waals surface area contributed by atoms with Crippen LogP contribution in [-0.2, 0) is 7.05 Å². The highest BCUT2D eigenvalue weighted by atomic mass is 79.9. The normalized spacial score (nSPS) is 10.8. The Balaban J connectivity index is 3.06. The molecule has 1 aromatic heterocycles. The zero-order chi connectivity index (χ0) is 12.7. The summed E-state index contributed by atoms with van der Waals surface area (Å²) in [5.74, 6) is -1.09. The van der Waals surface area contributed by atoms with Crippen LogP contribution >= 0.6 is 15.9 Å². The first-order valence-electron chi connectivity index (χ1n) is 4.95. The zero-order valence-corrected chi connectivity index (χ0v) is 10.9. The molecule has 1 aromatic carbocycles. The second kappa shape index (κ2) is 4.00. The molecule has 0 unspecified atom stereocenters. The fraction of sp³-hybridized carbons (Fsp3) is 0.167. The molecule has 0 aliphatic heterocycles. The van der Waals surface area contributed by atoms with Crippen molar-refractivity contribution in [1.82, 2.24) is 4.57 Å². The number of hydrogen-bond acceptors (Lipinski definition) is 2. The molecule has 0 amide bonds. The van der Waals surface area contributed by atoms with Gasteiger partial charge in [-0.05, 0) is 25.1 Å². The quantitative estimate of drug-likeness (QED) is 0.878. The molecule has 1 heterocycles. The van der Waals surface area contributed by atoms with Crippen molar-refractivity contribution in [2.75, 3.05) is 0 Å². The van der Waals surface area contributed by atoms with Gasteiger partial charge in [-0.2, -0.15) is 0 Å². The standard InChI is InChI=1S/C12H10BrNO3/c1-6-10(12(16)17)14(2)9-5-7(13)3-4-8(9)11(6)15/h3-5H,1-2H3,(H,16,17). The molecule has 0 radical (unpaired) electrons. The number of nitrogens with zero attached hydrogens (tertiary/aromatic N) is 1. The molecule has 0 fully saturated rings. The topological polar surface area (TPSA) is 59.3 Å². The van der Waals surface area contributed by atoms with Gasteiger partial charge in [0.2, 0.25) is 0 Å². The zero-order valence-electron chi connectivity index (χ0n) is 9.32. The van der Waals surface area contributed by atoms with Gasteiger partial charge in [0, 0.05) is 22.5 Å². The van der Waals surface area contributed by atoms with Crippen LogP contribution in [0.5, 0.6) is 0 Å². The van der Waals surface area contributed by atoms with Crippen LogP contribution in [0.2, 0.25) is 0 Å². The van der Waals surface area contributed by atoms with E-state index < -0.39 is 5.97 Å². The molecule has 0 bridgehead atoms. The van der Waals surface area contributed by atoms with Gasteiger partial charge in [0.15, 0.2) is 5.43 Å². The van der Waals surface area contributed by atoms with E-state index in [4.69, 9.17) is 5.11 Å². The summed E-state index contributed by atoms with van der Waals surface area (Å²) < 4.78 is 2.33. The summed E-state index contributed by atoms with van der Waals surface area (Å²) in [7, 11) is 1.64. The molecule has 0 saturated heterocycles. The summed E-state index contributed by atoms with van der Waals surface area (Å²) >= 11 is 3.31. The van der Waals surface area contributed by atoms with Gasteiger partial charge < -0.3 is 9.67 Å². The third-order valence-corrected chi connectivity index (χ3v) is 3.29. The number of benzene rings is 1. The lowest BCUT2D eigenvalue weighted by atomic mass is 10.1. The molecule has 5 heteroatoms. The number of pyridine rings is 1. The molecule has 2 rings (SSSR count). The third kappa shape index (κ3) is 1.76. The number of aromatic carboxylic acids is 1. The van der Waals surface area contributed by atoms with E-state index in [1.807, 2.05) is 0 Å². The molecule has 0 aliphatic carbocycles. The van der Waals surface area contributed by atoms with Crippen LogP contribution < -0.4 is 5.43 Å². The molecule has 4 nitrogen and oxygen atoms in total. The van der Waals surface area contributed by atoms with Crippen molar-refractivity contribution in [2.24, 2.45) is 7.05 Å². The van der Waals surface area contributed by atoms with E-state index in [2.05, 4.69) is 15.9 Å². The molecule has 0 saturated carbocycles. The lowest BCUT2D eigenvalue weighted by Crippen LogP contribution is -2.20. The summed E-state index contributed by atoms with van der Waals surface area (Å²) in [4.78, 5) is 23.2. The van der Waals surface area contributed by atoms with Crippen molar-refractivity contribution in [1.29, 1.82) is 0 Å². The van der Waals surface area contributed by atoms with Crippen molar-refractivity contribution < 1.29 is 9.90 Å². The van der Waals surface area contributed by atoms with Crippen molar-refractivity contribution >= 4 is 32.8 Å². The molecule has 0 spiro atoms. The van der Waals surface area contributed by atoms with Gasteiger partial charge in [-0.3, -0.25) is 4.79 Å². The second-order valence-corrected chi connectivity index (χ2v) is 4.74. The highest BCUT2D eigenvalue weighted by Crippen LogP contribution is 2.19. The van der Waals surface area contributed by atoms with E-state index in [-0.39, 0.29) is 16.7 Å². The first-order chi connectivity index (χ1) is 7.93. The van der Waals surface area contributed by atoms with Crippen molar-refractivity contribution in [2.45, 2.75) is 6.92 Å². The number of aromatic nitrogens is 1. The summed E-state index contributed by atoms with van der Waals surface area (Å²) in [5, 5.41) is 9.65. The summed E-state index contributed by atoms with van der Waals surface area (Å²) in [5.41, 5.74) is 0.658. The van der Waals surface area contributed by atoms with Crippen LogP contribution in [-0.4, -0.2) is 15.6 Å². The van der Waals surface area contributed by atoms with Crippen LogP contribution in [0.4, 0.5) is 0 Å². The number of rotatable bonds is 1. The Morgan fingerprint density at radius 2 is 2.06 bits per heavy atom. The Morgan fingerprint density at radius 3 is 2.65 bits per heavy atom. The third-order valence-electron chi connectivity index (χ3n) is 2.80. The van der Waals surface area contributed by atoms with E-state index >= 15 is 0 Å². The maximum atomic E-state index is 12.0. The maximum Gasteiger partial charge on any atom is 0.352 e. The number of fused-ring (bicyclic) bond motifs is 1. The van der Waals surface area contributed by atoms with Crippen molar-refractivity contribution in [3.63, 3.8) is 0 Å². The Hall–Kier alpha value is -1.62. The van der Waals surface area contributed by atoms with Crippen LogP contribution in [0, 0.1) is 6.92 Å². The SMILES string of the molecule is Cc1c(C(=O)O)n(C)c2cc(Br)ccc2c1=O. The van der Waals surface area contributed by atoms with Crippen LogP contribution in [0.3, 0.4) is 0 Å². The van der Waals surface area contributed by atoms with Crippen LogP contribution in [0.1, 0.15) is 16.1 Å². The Bertz CT molecular complexity index is 688. The first kappa shape index (κ1) is 11.9. The van der Waals surface area contributed by atoms with Gasteiger partial charge in [0.05, 0.1) is 5.52 Å². The summed E-state index contributed by atoms with van der Waals surface area (Å²) in [6.45, 7) is 1.53. The van der Waals surface area contributed by atoms with Gasteiger partial charge in [0.25, 0.3) is 0 Å². The summed E-state index contributed by atoms with van der Waals surface area (Å²) in [6.07, 6.45) is 0. The smallest absolute Gasteiger partial charge is 0.352 e. The molecular formula is C12H10BrNO3. The van der Waals surface area contributed by atoms with Crippen LogP contribution in [0.15, 0.2) is 27.5 Å². The number of hydrogen-bond donors (Lipinski definition) is 1. The van der Waals surface area contributed by atoms with Gasteiger partial charge >= 0.3 is 5.97 Å². The second-order valence-electron chi connectivity index (χ2n) is 3.83. The van der Waals surface area contributed by atoms with Crippen LogP contribution in [0.25, 0.3) is 10.9 Å². The average Bonchev–Trinajstić information content (AvgIpc) is 2.26. The van der Waals surface area contributed by atoms with E-state index in [1.54, 1.807) is 25.2 Å². The van der Waals surface area contributed by atoms with Gasteiger partial charge in [-0.1, -0.05) is 15.9 Å². The van der Waals surface area contributed by atoms with Gasteiger partial charge in [-0.25, -0.2) is 4.79 Å². The Kier molecular flexibility index (Phi) is 2.79. The molecule has 2 aromatic rings. The molecular weight excluding hydrogens is 286 g/mol. The number of carboxylic acids is 1. The molecule has 0 atom stereocenters. The van der Waals surface area contributed by atoms with E-state index in [1.165, 1.54) is 11.5 Å². The van der Waals surface area contributed by atoms with Gasteiger partial charge in [-0.15, -0.1) is 0 Å². The Morgan fingerprint density at radius 1 is 1.41 bits per heavy atom. The monoisotopic (exact) mass is 295 g/mol. The number of halogens is 1. The molecule has 17 heavy (non-hydrogen) atoms. The lowest BCUT2D eigenvalue weighted by Gasteiger charge is -2.12. The van der Waals surface area contributed by atoms with E-state index in [9.17, 15) is 9.59 Å². The highest BCUT2D eigenvalue weighted by molar-refractivity contribution is 9.10. The predicted octanol–water partition coefficient (Wildman–Crippen LogP) is 2.31. The minimum atomic E-state index is -1.09. The molecule has 88 valence electrons. The lowest BCUT2D eigenvalue weighted by molar-refractivity contribution is 0.0685. The minimum absolute atomic E-state index is 0.0283. The van der Waals surface area contributed by atoms with E-state index in [0.29, 0.717) is 10.9 Å². The fourth-order valence-corrected chi connectivity index (χ4v) is 2.31. The number of carbonyl (C=O) groups is 1. The fourth-order valence-electron chi connectivity index (χ4n) is 1.96. The molecule has 0 aliphatic rings. The van der Waals surface area contributed by atoms with Crippen molar-refractivity contribution in [3.05, 3.63) is 44.2 Å². The predicted molar refractivity (Wildman–Crippen MR) is 68.6 cm³/mol. The van der Waals surface area contributed by atoms with Gasteiger partial charge in [0.1, 0.15) is 5.69 Å². The molecule has 1 N–H and O–H groups in total. The Labute approximate surface area is 106 Å². The number of carboxylic acid groups (broad SMARTS) is 1. The summed E-state index contributed by atoms with van der Waals surface area (Å²) in [6, 6.07) is 5.20. The average molecular weight is 296 g/mol. The van der Waals surface area contributed by atoms with E-state index in [0.717, 1.165) is 4.47 Å².